The lowest BCUT2D eigenvalue weighted by molar-refractivity contribution is 0.205. The zero-order valence-corrected chi connectivity index (χ0v) is 10.2. The molecule has 1 unspecified atom stereocenters. The fourth-order valence-corrected chi connectivity index (χ4v) is 4.21. The Morgan fingerprint density at radius 1 is 1.50 bits per heavy atom. The van der Waals surface area contributed by atoms with Gasteiger partial charge < -0.3 is 4.90 Å². The van der Waals surface area contributed by atoms with Crippen LogP contribution in [-0.2, 0) is 13.1 Å². The van der Waals surface area contributed by atoms with Gasteiger partial charge >= 0.3 is 0 Å². The van der Waals surface area contributed by atoms with E-state index < -0.39 is 0 Å². The summed E-state index contributed by atoms with van der Waals surface area (Å²) in [6.07, 6.45) is 5.20. The fraction of sp³-hybridized carbons (Fsp3) is 0.583. The number of thioether (sulfide) groups is 1. The van der Waals surface area contributed by atoms with Gasteiger partial charge in [-0.2, -0.15) is 16.9 Å². The lowest BCUT2D eigenvalue weighted by Crippen LogP contribution is -2.35. The maximum Gasteiger partial charge on any atom is 0.0593 e. The molecule has 0 amide bonds. The van der Waals surface area contributed by atoms with E-state index in [1.807, 2.05) is 12.4 Å². The van der Waals surface area contributed by atoms with Crippen LogP contribution < -0.4 is 0 Å². The molecule has 3 rings (SSSR count). The maximum absolute atomic E-state index is 4.45. The molecule has 0 aliphatic carbocycles. The van der Waals surface area contributed by atoms with Gasteiger partial charge in [-0.3, -0.25) is 4.68 Å². The molecule has 0 bridgehead atoms. The number of fused-ring (bicyclic) bond motifs is 1. The van der Waals surface area contributed by atoms with E-state index in [0.29, 0.717) is 5.41 Å². The Morgan fingerprint density at radius 2 is 2.44 bits per heavy atom. The van der Waals surface area contributed by atoms with Crippen LogP contribution in [0.3, 0.4) is 0 Å². The molecular formula is C12H17N3S. The van der Waals surface area contributed by atoms with Gasteiger partial charge in [0.25, 0.3) is 0 Å². The maximum atomic E-state index is 4.45. The molecule has 1 aromatic rings. The third kappa shape index (κ3) is 1.65. The monoisotopic (exact) mass is 235 g/mol. The number of hydrogen-bond acceptors (Lipinski definition) is 3. The molecule has 2 aliphatic heterocycles. The molecule has 1 saturated heterocycles. The van der Waals surface area contributed by atoms with E-state index in [2.05, 4.69) is 39.1 Å². The van der Waals surface area contributed by atoms with Gasteiger partial charge in [0.1, 0.15) is 0 Å². The minimum Gasteiger partial charge on any atom is -0.371 e. The van der Waals surface area contributed by atoms with Crippen molar-refractivity contribution >= 4 is 11.8 Å². The number of rotatable bonds is 1. The topological polar surface area (TPSA) is 21.1 Å². The first-order chi connectivity index (χ1) is 7.81. The van der Waals surface area contributed by atoms with E-state index in [4.69, 9.17) is 0 Å². The van der Waals surface area contributed by atoms with Crippen LogP contribution in [0.15, 0.2) is 25.0 Å². The molecule has 0 aromatic carbocycles. The summed E-state index contributed by atoms with van der Waals surface area (Å²) >= 11 is 2.08. The Kier molecular flexibility index (Phi) is 2.46. The normalized spacial score (nSPS) is 29.1. The smallest absolute Gasteiger partial charge is 0.0593 e. The van der Waals surface area contributed by atoms with E-state index in [1.54, 1.807) is 0 Å². The average Bonchev–Trinajstić information content (AvgIpc) is 2.86. The van der Waals surface area contributed by atoms with E-state index in [1.165, 1.54) is 23.6 Å². The first kappa shape index (κ1) is 10.3. The average molecular weight is 235 g/mol. The molecule has 0 saturated carbocycles. The largest absolute Gasteiger partial charge is 0.371 e. The highest BCUT2D eigenvalue weighted by Crippen LogP contribution is 2.40. The zero-order valence-electron chi connectivity index (χ0n) is 9.43. The van der Waals surface area contributed by atoms with Gasteiger partial charge in [0, 0.05) is 30.5 Å². The summed E-state index contributed by atoms with van der Waals surface area (Å²) in [4.78, 5) is 2.34. The Bertz CT molecular complexity index is 393. The fourth-order valence-electron chi connectivity index (χ4n) is 2.73. The highest BCUT2D eigenvalue weighted by atomic mass is 32.2. The molecule has 1 spiro atoms. The predicted molar refractivity (Wildman–Crippen MR) is 67.2 cm³/mol. The lowest BCUT2D eigenvalue weighted by Gasteiger charge is -2.30. The molecule has 1 atom stereocenters. The van der Waals surface area contributed by atoms with Crippen LogP contribution in [-0.4, -0.2) is 32.7 Å². The second-order valence-corrected chi connectivity index (χ2v) is 5.98. The van der Waals surface area contributed by atoms with Crippen LogP contribution in [0.2, 0.25) is 0 Å². The SMILES string of the molecule is C=CN1Cc2ccnn2CC2(CCSC2)C1. The minimum absolute atomic E-state index is 0.413. The van der Waals surface area contributed by atoms with E-state index in [0.717, 1.165) is 19.6 Å². The van der Waals surface area contributed by atoms with Crippen LogP contribution in [0.1, 0.15) is 12.1 Å². The van der Waals surface area contributed by atoms with Crippen molar-refractivity contribution in [2.45, 2.75) is 19.5 Å². The van der Waals surface area contributed by atoms with Crippen molar-refractivity contribution in [2.24, 2.45) is 5.41 Å². The summed E-state index contributed by atoms with van der Waals surface area (Å²) in [6.45, 7) is 7.09. The minimum atomic E-state index is 0.413. The molecule has 16 heavy (non-hydrogen) atoms. The van der Waals surface area contributed by atoms with E-state index in [-0.39, 0.29) is 0 Å². The van der Waals surface area contributed by atoms with Crippen LogP contribution in [0.4, 0.5) is 0 Å². The van der Waals surface area contributed by atoms with Gasteiger partial charge in [-0.25, -0.2) is 0 Å². The van der Waals surface area contributed by atoms with Crippen molar-refractivity contribution in [1.29, 1.82) is 0 Å². The van der Waals surface area contributed by atoms with Gasteiger partial charge in [-0.05, 0) is 24.4 Å². The third-order valence-electron chi connectivity index (χ3n) is 3.64. The quantitative estimate of drug-likeness (QED) is 0.742. The van der Waals surface area contributed by atoms with Crippen molar-refractivity contribution in [1.82, 2.24) is 14.7 Å². The molecule has 4 heteroatoms. The molecule has 2 aliphatic rings. The highest BCUT2D eigenvalue weighted by molar-refractivity contribution is 7.99. The summed E-state index contributed by atoms with van der Waals surface area (Å²) < 4.78 is 2.19. The second-order valence-electron chi connectivity index (χ2n) is 4.87. The first-order valence-corrected chi connectivity index (χ1v) is 6.92. The lowest BCUT2D eigenvalue weighted by atomic mass is 9.87. The van der Waals surface area contributed by atoms with Gasteiger partial charge in [-0.1, -0.05) is 6.58 Å². The second kappa shape index (κ2) is 3.84. The van der Waals surface area contributed by atoms with Crippen LogP contribution in [0.5, 0.6) is 0 Å². The van der Waals surface area contributed by atoms with Gasteiger partial charge in [-0.15, -0.1) is 0 Å². The van der Waals surface area contributed by atoms with Crippen LogP contribution >= 0.6 is 11.8 Å². The Balaban J connectivity index is 1.96. The van der Waals surface area contributed by atoms with Crippen molar-refractivity contribution in [2.75, 3.05) is 18.1 Å². The molecular weight excluding hydrogens is 218 g/mol. The summed E-state index contributed by atoms with van der Waals surface area (Å²) in [5.74, 6) is 2.55. The first-order valence-electron chi connectivity index (χ1n) is 5.76. The number of nitrogens with zero attached hydrogens (tertiary/aromatic N) is 3. The molecule has 0 radical (unpaired) electrons. The molecule has 1 aromatic heterocycles. The molecule has 86 valence electrons. The van der Waals surface area contributed by atoms with Crippen molar-refractivity contribution in [3.05, 3.63) is 30.7 Å². The highest BCUT2D eigenvalue weighted by Gasteiger charge is 2.38. The van der Waals surface area contributed by atoms with Crippen molar-refractivity contribution < 1.29 is 0 Å². The molecule has 1 fully saturated rings. The third-order valence-corrected chi connectivity index (χ3v) is 4.95. The van der Waals surface area contributed by atoms with Crippen LogP contribution in [0, 0.1) is 5.41 Å². The molecule has 0 N–H and O–H groups in total. The summed E-state index contributed by atoms with van der Waals surface area (Å²) in [5, 5.41) is 4.45. The van der Waals surface area contributed by atoms with E-state index in [9.17, 15) is 0 Å². The van der Waals surface area contributed by atoms with Gasteiger partial charge in [0.15, 0.2) is 0 Å². The number of aromatic nitrogens is 2. The van der Waals surface area contributed by atoms with Gasteiger partial charge in [0.2, 0.25) is 0 Å². The van der Waals surface area contributed by atoms with Crippen molar-refractivity contribution in [3.63, 3.8) is 0 Å². The standard InChI is InChI=1S/C12H17N3S/c1-2-14-7-11-3-5-13-15(11)9-12(8-14)4-6-16-10-12/h2-3,5H,1,4,6-10H2. The summed E-state index contributed by atoms with van der Waals surface area (Å²) in [7, 11) is 0. The molecule has 3 nitrogen and oxygen atoms in total. The molecule has 3 heterocycles. The number of hydrogen-bond donors (Lipinski definition) is 0. The van der Waals surface area contributed by atoms with Crippen molar-refractivity contribution in [3.8, 4) is 0 Å². The zero-order chi connectivity index (χ0) is 11.0. The van der Waals surface area contributed by atoms with Crippen LogP contribution in [0.25, 0.3) is 0 Å². The Morgan fingerprint density at radius 3 is 3.19 bits per heavy atom. The van der Waals surface area contributed by atoms with E-state index >= 15 is 0 Å². The predicted octanol–water partition coefficient (Wildman–Crippen LogP) is 1.97. The summed E-state index contributed by atoms with van der Waals surface area (Å²) in [6, 6.07) is 2.12. The van der Waals surface area contributed by atoms with Gasteiger partial charge in [0.05, 0.1) is 12.2 Å². The Hall–Kier alpha value is -0.900. The Labute approximate surface area is 101 Å². The summed E-state index contributed by atoms with van der Waals surface area (Å²) in [5.41, 5.74) is 1.73.